The minimum atomic E-state index is -0.235. The van der Waals surface area contributed by atoms with Gasteiger partial charge in [-0.05, 0) is 48.0 Å². The summed E-state index contributed by atoms with van der Waals surface area (Å²) >= 11 is 3.31. The molecule has 0 atom stereocenters. The van der Waals surface area contributed by atoms with E-state index in [1.807, 2.05) is 41.5 Å². The standard InChI is InChI=1S/C12H24BrNO2/c1-11(2,3)14(12(4,5)6)10(15)16-9-7-8-13/h7-9H2,1-6H3. The summed E-state index contributed by atoms with van der Waals surface area (Å²) in [5, 5.41) is 0.852. The second-order valence-corrected chi connectivity index (χ2v) is 6.63. The first-order valence-electron chi connectivity index (χ1n) is 5.64. The van der Waals surface area contributed by atoms with Gasteiger partial charge >= 0.3 is 6.09 Å². The van der Waals surface area contributed by atoms with Gasteiger partial charge in [0.2, 0.25) is 0 Å². The molecule has 0 saturated carbocycles. The highest BCUT2D eigenvalue weighted by Crippen LogP contribution is 2.25. The highest BCUT2D eigenvalue weighted by molar-refractivity contribution is 9.09. The van der Waals surface area contributed by atoms with Crippen LogP contribution < -0.4 is 0 Å². The van der Waals surface area contributed by atoms with Gasteiger partial charge in [-0.1, -0.05) is 15.9 Å². The van der Waals surface area contributed by atoms with Crippen molar-refractivity contribution in [1.29, 1.82) is 0 Å². The van der Waals surface area contributed by atoms with Crippen LogP contribution in [-0.4, -0.2) is 34.0 Å². The lowest BCUT2D eigenvalue weighted by Crippen LogP contribution is -2.55. The second-order valence-electron chi connectivity index (χ2n) is 5.83. The Balaban J connectivity index is 4.61. The van der Waals surface area contributed by atoms with Gasteiger partial charge in [-0.3, -0.25) is 4.90 Å². The van der Waals surface area contributed by atoms with Crippen molar-refractivity contribution in [2.45, 2.75) is 59.0 Å². The molecule has 0 aliphatic heterocycles. The third-order valence-corrected chi connectivity index (χ3v) is 2.59. The number of hydrogen-bond acceptors (Lipinski definition) is 2. The number of amides is 1. The molecule has 3 nitrogen and oxygen atoms in total. The number of carbonyl (C=O) groups is 1. The highest BCUT2D eigenvalue weighted by Gasteiger charge is 2.36. The number of rotatable bonds is 3. The summed E-state index contributed by atoms with van der Waals surface area (Å²) in [4.78, 5) is 13.8. The molecule has 0 aromatic heterocycles. The van der Waals surface area contributed by atoms with E-state index in [1.165, 1.54) is 0 Å². The molecule has 0 saturated heterocycles. The first-order chi connectivity index (χ1) is 7.10. The zero-order chi connectivity index (χ0) is 13.0. The molecule has 0 N–H and O–H groups in total. The lowest BCUT2D eigenvalue weighted by Gasteiger charge is -2.44. The number of alkyl halides is 1. The van der Waals surface area contributed by atoms with Crippen LogP contribution >= 0.6 is 15.9 Å². The largest absolute Gasteiger partial charge is 0.449 e. The quantitative estimate of drug-likeness (QED) is 0.585. The Morgan fingerprint density at radius 2 is 1.56 bits per heavy atom. The molecule has 0 bridgehead atoms. The monoisotopic (exact) mass is 293 g/mol. The van der Waals surface area contributed by atoms with E-state index in [1.54, 1.807) is 4.90 Å². The molecule has 0 rings (SSSR count). The Hall–Kier alpha value is -0.250. The predicted molar refractivity (Wildman–Crippen MR) is 71.1 cm³/mol. The second kappa shape index (κ2) is 5.89. The van der Waals surface area contributed by atoms with Crippen LogP contribution in [-0.2, 0) is 4.74 Å². The van der Waals surface area contributed by atoms with Crippen molar-refractivity contribution in [3.05, 3.63) is 0 Å². The van der Waals surface area contributed by atoms with E-state index in [4.69, 9.17) is 4.74 Å². The third-order valence-electron chi connectivity index (χ3n) is 2.03. The zero-order valence-corrected chi connectivity index (χ0v) is 12.8. The fourth-order valence-corrected chi connectivity index (χ4v) is 2.06. The molecule has 0 heterocycles. The van der Waals surface area contributed by atoms with E-state index in [0.717, 1.165) is 11.8 Å². The normalized spacial score (nSPS) is 12.4. The molecular weight excluding hydrogens is 270 g/mol. The molecular formula is C12H24BrNO2. The number of halogens is 1. The number of ether oxygens (including phenoxy) is 1. The fraction of sp³-hybridized carbons (Fsp3) is 0.917. The zero-order valence-electron chi connectivity index (χ0n) is 11.3. The Morgan fingerprint density at radius 1 is 1.12 bits per heavy atom. The molecule has 4 heteroatoms. The van der Waals surface area contributed by atoms with Crippen LogP contribution in [0.4, 0.5) is 4.79 Å². The molecule has 0 aromatic rings. The molecule has 0 spiro atoms. The lowest BCUT2D eigenvalue weighted by atomic mass is 9.97. The van der Waals surface area contributed by atoms with Crippen LogP contribution in [0.3, 0.4) is 0 Å². The first kappa shape index (κ1) is 15.8. The van der Waals surface area contributed by atoms with Crippen molar-refractivity contribution in [2.75, 3.05) is 11.9 Å². The predicted octanol–water partition coefficient (Wildman–Crippen LogP) is 3.81. The topological polar surface area (TPSA) is 29.5 Å². The Bertz CT molecular complexity index is 214. The van der Waals surface area contributed by atoms with E-state index >= 15 is 0 Å². The molecule has 0 radical (unpaired) electrons. The summed E-state index contributed by atoms with van der Waals surface area (Å²) in [7, 11) is 0. The van der Waals surface area contributed by atoms with Crippen molar-refractivity contribution in [3.8, 4) is 0 Å². The van der Waals surface area contributed by atoms with E-state index in [9.17, 15) is 4.79 Å². The van der Waals surface area contributed by atoms with E-state index in [2.05, 4.69) is 15.9 Å². The highest BCUT2D eigenvalue weighted by atomic mass is 79.9. The van der Waals surface area contributed by atoms with Gasteiger partial charge in [0.25, 0.3) is 0 Å². The summed E-state index contributed by atoms with van der Waals surface area (Å²) in [5.41, 5.74) is -0.465. The van der Waals surface area contributed by atoms with Gasteiger partial charge in [0.15, 0.2) is 0 Å². The molecule has 0 fully saturated rings. The molecule has 0 aliphatic carbocycles. The van der Waals surface area contributed by atoms with Crippen LogP contribution in [0, 0.1) is 0 Å². The maximum atomic E-state index is 12.0. The van der Waals surface area contributed by atoms with Crippen molar-refractivity contribution < 1.29 is 9.53 Å². The number of carbonyl (C=O) groups excluding carboxylic acids is 1. The summed E-state index contributed by atoms with van der Waals surface area (Å²) < 4.78 is 5.25. The summed E-state index contributed by atoms with van der Waals surface area (Å²) in [5.74, 6) is 0. The van der Waals surface area contributed by atoms with Crippen molar-refractivity contribution >= 4 is 22.0 Å². The lowest BCUT2D eigenvalue weighted by molar-refractivity contribution is 0.0208. The molecule has 96 valence electrons. The maximum absolute atomic E-state index is 12.0. The van der Waals surface area contributed by atoms with Crippen LogP contribution in [0.5, 0.6) is 0 Å². The van der Waals surface area contributed by atoms with Gasteiger partial charge in [0.05, 0.1) is 6.61 Å². The van der Waals surface area contributed by atoms with Gasteiger partial charge in [0, 0.05) is 16.4 Å². The summed E-state index contributed by atoms with van der Waals surface area (Å²) in [6.45, 7) is 12.6. The van der Waals surface area contributed by atoms with E-state index in [-0.39, 0.29) is 17.2 Å². The van der Waals surface area contributed by atoms with Gasteiger partial charge in [-0.15, -0.1) is 0 Å². The van der Waals surface area contributed by atoms with Crippen LogP contribution in [0.1, 0.15) is 48.0 Å². The van der Waals surface area contributed by atoms with E-state index < -0.39 is 0 Å². The number of nitrogens with zero attached hydrogens (tertiary/aromatic N) is 1. The maximum Gasteiger partial charge on any atom is 0.410 e. The van der Waals surface area contributed by atoms with Crippen molar-refractivity contribution in [2.24, 2.45) is 0 Å². The van der Waals surface area contributed by atoms with Crippen LogP contribution in [0.2, 0.25) is 0 Å². The first-order valence-corrected chi connectivity index (χ1v) is 6.76. The molecule has 0 aromatic carbocycles. The van der Waals surface area contributed by atoms with Crippen LogP contribution in [0.15, 0.2) is 0 Å². The Labute approximate surface area is 108 Å². The average Bonchev–Trinajstić information content (AvgIpc) is 1.98. The van der Waals surface area contributed by atoms with Crippen molar-refractivity contribution in [3.63, 3.8) is 0 Å². The summed E-state index contributed by atoms with van der Waals surface area (Å²) in [6.07, 6.45) is 0.606. The number of hydrogen-bond donors (Lipinski definition) is 0. The van der Waals surface area contributed by atoms with Gasteiger partial charge < -0.3 is 4.74 Å². The average molecular weight is 294 g/mol. The minimum Gasteiger partial charge on any atom is -0.449 e. The third kappa shape index (κ3) is 5.19. The molecule has 0 unspecified atom stereocenters. The van der Waals surface area contributed by atoms with Crippen LogP contribution in [0.25, 0.3) is 0 Å². The SMILES string of the molecule is CC(C)(C)N(C(=O)OCCCBr)C(C)(C)C. The van der Waals surface area contributed by atoms with Gasteiger partial charge in [-0.25, -0.2) is 4.79 Å². The van der Waals surface area contributed by atoms with E-state index in [0.29, 0.717) is 6.61 Å². The fourth-order valence-electron chi connectivity index (χ4n) is 1.83. The van der Waals surface area contributed by atoms with Crippen molar-refractivity contribution in [1.82, 2.24) is 4.90 Å². The summed E-state index contributed by atoms with van der Waals surface area (Å²) in [6, 6.07) is 0. The van der Waals surface area contributed by atoms with Gasteiger partial charge in [0.1, 0.15) is 0 Å². The molecule has 0 aliphatic rings. The smallest absolute Gasteiger partial charge is 0.410 e. The molecule has 16 heavy (non-hydrogen) atoms. The molecule has 1 amide bonds. The Kier molecular flexibility index (Phi) is 5.80. The van der Waals surface area contributed by atoms with Gasteiger partial charge in [-0.2, -0.15) is 0 Å². The minimum absolute atomic E-state index is 0.232. The Morgan fingerprint density at radius 3 is 1.88 bits per heavy atom.